The van der Waals surface area contributed by atoms with Gasteiger partial charge in [0.25, 0.3) is 0 Å². The summed E-state index contributed by atoms with van der Waals surface area (Å²) in [6.07, 6.45) is 18.0. The molecule has 0 spiro atoms. The quantitative estimate of drug-likeness (QED) is 0.265. The zero-order valence-electron chi connectivity index (χ0n) is 22.0. The first kappa shape index (κ1) is 32.9. The molecule has 0 saturated heterocycles. The van der Waals surface area contributed by atoms with E-state index in [0.717, 1.165) is 0 Å². The third kappa shape index (κ3) is 20.3. The van der Waals surface area contributed by atoms with Gasteiger partial charge < -0.3 is 0 Å². The van der Waals surface area contributed by atoms with Gasteiger partial charge in [-0.05, 0) is 0 Å². The molecule has 174 valence electrons. The first-order valence-corrected chi connectivity index (χ1v) is 22.1. The molecule has 0 fully saturated rings. The summed E-state index contributed by atoms with van der Waals surface area (Å²) >= 11 is 0. The molecule has 0 atom stereocenters. The molecule has 0 amide bonds. The van der Waals surface area contributed by atoms with Crippen LogP contribution in [0, 0.1) is 0 Å². The fraction of sp³-hybridized carbons (Fsp3) is 1.00. The molecule has 3 heteroatoms. The Labute approximate surface area is 178 Å². The molecule has 0 rings (SSSR count). The number of hydrogen-bond acceptors (Lipinski definition) is 0. The van der Waals surface area contributed by atoms with Gasteiger partial charge in [0.15, 0.2) is 0 Å². The van der Waals surface area contributed by atoms with Gasteiger partial charge >= 0.3 is 179 Å². The van der Waals surface area contributed by atoms with E-state index in [-0.39, 0.29) is 0 Å². The van der Waals surface area contributed by atoms with Gasteiger partial charge in [-0.15, -0.1) is 0 Å². The minimum absolute atomic E-state index is 0.611. The van der Waals surface area contributed by atoms with Crippen LogP contribution in [0.5, 0.6) is 0 Å². The Balaban J connectivity index is -0.000000356. The molecule has 0 aliphatic carbocycles. The van der Waals surface area contributed by atoms with Crippen LogP contribution in [-0.2, 0) is 0 Å². The molecule has 0 unspecified atom stereocenters. The Morgan fingerprint density at radius 3 is 0.630 bits per heavy atom. The first-order valence-electron chi connectivity index (χ1n) is 12.5. The molecule has 0 aromatic rings. The Hall–Kier alpha value is 1.29. The fourth-order valence-electron chi connectivity index (χ4n) is 4.37. The maximum atomic E-state index is 2.36. The van der Waals surface area contributed by atoms with Gasteiger partial charge in [-0.3, -0.25) is 0 Å². The van der Waals surface area contributed by atoms with E-state index in [2.05, 4.69) is 82.0 Å². The van der Waals surface area contributed by atoms with Crippen LogP contribution in [0.2, 0.25) is 0 Å². The molecule has 0 nitrogen and oxygen atoms in total. The zero-order valence-corrected chi connectivity index (χ0v) is 25.0. The van der Waals surface area contributed by atoms with Crippen molar-refractivity contribution in [1.82, 2.24) is 0 Å². The standard InChI is InChI=1S/C12H29P.C8H21P.C4H13P/c1-5-9-13(10-6-2,11-7-3)12-8-4;1-5-9(6-2,7-3)8-4;1-5(2,3)4/h13H,5-12H2,1-4H3;9H,5-8H2,1-4H3;5H,1-4H3. The van der Waals surface area contributed by atoms with Gasteiger partial charge in [-0.1, -0.05) is 0 Å². The van der Waals surface area contributed by atoms with Gasteiger partial charge in [0, 0.05) is 0 Å². The van der Waals surface area contributed by atoms with Crippen LogP contribution in [0.3, 0.4) is 0 Å². The van der Waals surface area contributed by atoms with Crippen molar-refractivity contribution in [3.63, 3.8) is 0 Å². The van der Waals surface area contributed by atoms with Crippen LogP contribution < -0.4 is 0 Å². The predicted molar refractivity (Wildman–Crippen MR) is 151 cm³/mol. The topological polar surface area (TPSA) is 0 Å². The second-order valence-electron chi connectivity index (χ2n) is 10.4. The van der Waals surface area contributed by atoms with Gasteiger partial charge in [0.2, 0.25) is 0 Å². The van der Waals surface area contributed by atoms with E-state index in [0.29, 0.717) is 0 Å². The van der Waals surface area contributed by atoms with Crippen molar-refractivity contribution in [3.05, 3.63) is 0 Å². The van der Waals surface area contributed by atoms with E-state index < -0.39 is 21.8 Å². The van der Waals surface area contributed by atoms with Gasteiger partial charge in [-0.25, -0.2) is 0 Å². The average Bonchev–Trinajstić information content (AvgIpc) is 2.58. The minimum atomic E-state index is -0.796. The maximum absolute atomic E-state index is 2.36. The van der Waals surface area contributed by atoms with E-state index in [1.54, 1.807) is 24.6 Å². The Kier molecular flexibility index (Phi) is 23.5. The molecular formula is C24H63P3. The van der Waals surface area contributed by atoms with Crippen LogP contribution in [0.25, 0.3) is 0 Å². The number of rotatable bonds is 12. The summed E-state index contributed by atoms with van der Waals surface area (Å²) in [4.78, 5) is 0. The van der Waals surface area contributed by atoms with Crippen molar-refractivity contribution in [2.24, 2.45) is 0 Å². The summed E-state index contributed by atoms with van der Waals surface area (Å²) in [6.45, 7) is 28.2. The number of hydrogen-bond donors (Lipinski definition) is 0. The Bertz CT molecular complexity index is 237. The molecule has 0 radical (unpaired) electrons. The van der Waals surface area contributed by atoms with Gasteiger partial charge in [0.1, 0.15) is 0 Å². The normalized spacial score (nSPS) is 13.8. The Morgan fingerprint density at radius 2 is 0.556 bits per heavy atom. The molecule has 0 heterocycles. The molecule has 0 aliphatic heterocycles. The Morgan fingerprint density at radius 1 is 0.370 bits per heavy atom. The molecule has 0 aliphatic rings. The summed E-state index contributed by atoms with van der Waals surface area (Å²) in [5.41, 5.74) is 0. The monoisotopic (exact) mass is 444 g/mol. The second-order valence-corrected chi connectivity index (χ2v) is 27.2. The van der Waals surface area contributed by atoms with Crippen LogP contribution in [0.4, 0.5) is 0 Å². The third-order valence-corrected chi connectivity index (χ3v) is 18.4. The molecule has 0 aromatic carbocycles. The van der Waals surface area contributed by atoms with Crippen molar-refractivity contribution < 1.29 is 0 Å². The van der Waals surface area contributed by atoms with Crippen molar-refractivity contribution >= 4 is 21.8 Å². The van der Waals surface area contributed by atoms with E-state index in [1.165, 1.54) is 50.3 Å². The average molecular weight is 445 g/mol. The van der Waals surface area contributed by atoms with Crippen LogP contribution in [0.15, 0.2) is 0 Å². The zero-order chi connectivity index (χ0) is 22.0. The van der Waals surface area contributed by atoms with E-state index >= 15 is 0 Å². The van der Waals surface area contributed by atoms with Crippen molar-refractivity contribution in [2.75, 3.05) is 76.0 Å². The predicted octanol–water partition coefficient (Wildman–Crippen LogP) is 8.45. The van der Waals surface area contributed by atoms with E-state index in [1.807, 2.05) is 0 Å². The molecular weight excluding hydrogens is 381 g/mol. The fourth-order valence-corrected chi connectivity index (χ4v) is 13.1. The SMILES string of the molecule is CCC[PH](CCC)(CCC)CCC.CC[PH](CC)(CC)CC.C[PH](C)(C)C. The molecule has 0 saturated carbocycles. The van der Waals surface area contributed by atoms with Crippen LogP contribution in [0.1, 0.15) is 81.1 Å². The third-order valence-electron chi connectivity index (χ3n) is 6.12. The van der Waals surface area contributed by atoms with Gasteiger partial charge in [-0.2, -0.15) is 0 Å². The summed E-state index contributed by atoms with van der Waals surface area (Å²) in [5.74, 6) is 0. The van der Waals surface area contributed by atoms with Crippen molar-refractivity contribution in [1.29, 1.82) is 0 Å². The van der Waals surface area contributed by atoms with E-state index in [9.17, 15) is 0 Å². The first-order chi connectivity index (χ1) is 12.5. The van der Waals surface area contributed by atoms with Crippen LogP contribution in [-0.4, -0.2) is 76.0 Å². The molecule has 0 aromatic heterocycles. The van der Waals surface area contributed by atoms with Gasteiger partial charge in [0.05, 0.1) is 0 Å². The summed E-state index contributed by atoms with van der Waals surface area (Å²) in [5, 5.41) is 0. The summed E-state index contributed by atoms with van der Waals surface area (Å²) in [6, 6.07) is 0. The molecule has 0 N–H and O–H groups in total. The summed E-state index contributed by atoms with van der Waals surface area (Å²) < 4.78 is 0. The molecule has 27 heavy (non-hydrogen) atoms. The summed E-state index contributed by atoms with van der Waals surface area (Å²) in [7, 11) is -2.10. The second kappa shape index (κ2) is 19.3. The van der Waals surface area contributed by atoms with Crippen molar-refractivity contribution in [2.45, 2.75) is 81.1 Å². The molecule has 0 bridgehead atoms. The van der Waals surface area contributed by atoms with E-state index in [4.69, 9.17) is 0 Å². The van der Waals surface area contributed by atoms with Crippen LogP contribution >= 0.6 is 21.8 Å². The van der Waals surface area contributed by atoms with Crippen molar-refractivity contribution in [3.8, 4) is 0 Å².